The highest BCUT2D eigenvalue weighted by Crippen LogP contribution is 2.35. The van der Waals surface area contributed by atoms with Crippen molar-refractivity contribution in [3.63, 3.8) is 0 Å². The molecule has 0 aliphatic carbocycles. The van der Waals surface area contributed by atoms with Gasteiger partial charge in [-0.1, -0.05) is 82.7 Å². The van der Waals surface area contributed by atoms with Crippen LogP contribution in [0.25, 0.3) is 22.2 Å². The first-order valence-electron chi connectivity index (χ1n) is 10.3. The molecule has 0 fully saturated rings. The van der Waals surface area contributed by atoms with E-state index in [1.807, 2.05) is 72.8 Å². The van der Waals surface area contributed by atoms with Crippen molar-refractivity contribution in [2.45, 2.75) is 16.5 Å². The third kappa shape index (κ3) is 4.29. The van der Waals surface area contributed by atoms with Crippen LogP contribution in [-0.4, -0.2) is 13.4 Å². The van der Waals surface area contributed by atoms with Gasteiger partial charge in [0.1, 0.15) is 0 Å². The molecule has 1 heterocycles. The van der Waals surface area contributed by atoms with E-state index in [-0.39, 0.29) is 21.7 Å². The van der Waals surface area contributed by atoms with Crippen molar-refractivity contribution >= 4 is 42.4 Å². The quantitative estimate of drug-likeness (QED) is 0.270. The molecule has 5 aromatic rings. The topological polar surface area (TPSA) is 72.2 Å². The lowest BCUT2D eigenvalue weighted by Gasteiger charge is -2.06. The molecule has 4 aromatic carbocycles. The van der Waals surface area contributed by atoms with Crippen LogP contribution in [0.5, 0.6) is 0 Å². The molecule has 0 atom stereocenters. The van der Waals surface area contributed by atoms with Crippen molar-refractivity contribution < 1.29 is 12.8 Å². The van der Waals surface area contributed by atoms with E-state index < -0.39 is 9.84 Å². The van der Waals surface area contributed by atoms with Crippen LogP contribution in [0, 0.1) is 0 Å². The molecule has 0 spiro atoms. The maximum Gasteiger partial charge on any atom is 0.234 e. The molecular weight excluding hydrogens is 500 g/mol. The van der Waals surface area contributed by atoms with Crippen LogP contribution in [0.4, 0.5) is 5.88 Å². The lowest BCUT2D eigenvalue weighted by atomic mass is 10.0. The molecular formula is C26H19BrN2O3S. The zero-order chi connectivity index (χ0) is 22.8. The van der Waals surface area contributed by atoms with E-state index in [0.717, 1.165) is 26.4 Å². The third-order valence-corrected chi connectivity index (χ3v) is 7.50. The summed E-state index contributed by atoms with van der Waals surface area (Å²) in [4.78, 5) is 4.63. The minimum Gasteiger partial charge on any atom is -0.419 e. The molecule has 7 heteroatoms. The Morgan fingerprint density at radius 3 is 2.30 bits per heavy atom. The Morgan fingerprint density at radius 2 is 1.52 bits per heavy atom. The van der Waals surface area contributed by atoms with E-state index in [2.05, 4.69) is 26.2 Å². The molecule has 0 aliphatic heterocycles. The molecule has 1 aromatic heterocycles. The molecule has 33 heavy (non-hydrogen) atoms. The third-order valence-electron chi connectivity index (χ3n) is 5.29. The highest BCUT2D eigenvalue weighted by Gasteiger charge is 2.29. The number of sulfone groups is 1. The molecule has 5 rings (SSSR count). The SMILES string of the molecule is O=S(=O)(c1ccc(Br)cc1)c1nc(-c2cccc3ccccc23)oc1NCc1ccccc1. The molecule has 0 radical (unpaired) electrons. The van der Waals surface area contributed by atoms with Gasteiger partial charge < -0.3 is 9.73 Å². The van der Waals surface area contributed by atoms with Gasteiger partial charge in [-0.25, -0.2) is 8.42 Å². The van der Waals surface area contributed by atoms with Crippen molar-refractivity contribution in [1.29, 1.82) is 0 Å². The predicted octanol–water partition coefficient (Wildman–Crippen LogP) is 6.70. The number of hydrogen-bond acceptors (Lipinski definition) is 5. The van der Waals surface area contributed by atoms with Gasteiger partial charge in [0.25, 0.3) is 0 Å². The molecule has 0 amide bonds. The summed E-state index contributed by atoms with van der Waals surface area (Å²) in [6.07, 6.45) is 0. The minimum absolute atomic E-state index is 0.115. The Hall–Kier alpha value is -3.42. The Bertz CT molecular complexity index is 1520. The van der Waals surface area contributed by atoms with Gasteiger partial charge in [0.05, 0.1) is 4.90 Å². The summed E-state index contributed by atoms with van der Waals surface area (Å²) >= 11 is 3.35. The first kappa shape index (κ1) is 21.4. The monoisotopic (exact) mass is 518 g/mol. The lowest BCUT2D eigenvalue weighted by molar-refractivity contribution is 0.577. The Labute approximate surface area is 200 Å². The van der Waals surface area contributed by atoms with E-state index >= 15 is 0 Å². The highest BCUT2D eigenvalue weighted by molar-refractivity contribution is 9.10. The average Bonchev–Trinajstić information content (AvgIpc) is 3.28. The van der Waals surface area contributed by atoms with E-state index in [9.17, 15) is 8.42 Å². The number of benzene rings is 4. The van der Waals surface area contributed by atoms with Crippen molar-refractivity contribution in [2.75, 3.05) is 5.32 Å². The summed E-state index contributed by atoms with van der Waals surface area (Å²) in [5, 5.41) is 4.95. The number of aromatic nitrogens is 1. The molecule has 0 saturated heterocycles. The smallest absolute Gasteiger partial charge is 0.234 e. The molecule has 1 N–H and O–H groups in total. The normalized spacial score (nSPS) is 11.5. The molecule has 0 bridgehead atoms. The van der Waals surface area contributed by atoms with Crippen molar-refractivity contribution in [3.8, 4) is 11.5 Å². The van der Waals surface area contributed by atoms with Gasteiger partial charge in [-0.3, -0.25) is 0 Å². The Kier molecular flexibility index (Phi) is 5.74. The first-order valence-corrected chi connectivity index (χ1v) is 12.6. The zero-order valence-electron chi connectivity index (χ0n) is 17.4. The van der Waals surface area contributed by atoms with Gasteiger partial charge in [-0.05, 0) is 46.7 Å². The van der Waals surface area contributed by atoms with Gasteiger partial charge in [0.15, 0.2) is 0 Å². The van der Waals surface area contributed by atoms with Gasteiger partial charge >= 0.3 is 0 Å². The highest BCUT2D eigenvalue weighted by atomic mass is 79.9. The van der Waals surface area contributed by atoms with Crippen LogP contribution in [0.2, 0.25) is 0 Å². The minimum atomic E-state index is -3.92. The van der Waals surface area contributed by atoms with Crippen LogP contribution in [0.15, 0.2) is 116 Å². The number of hydrogen-bond donors (Lipinski definition) is 1. The average molecular weight is 519 g/mol. The van der Waals surface area contributed by atoms with E-state index in [1.54, 1.807) is 24.3 Å². The second-order valence-corrected chi connectivity index (χ2v) is 10.3. The number of rotatable bonds is 6. The Balaban J connectivity index is 1.63. The molecule has 0 aliphatic rings. The summed E-state index contributed by atoms with van der Waals surface area (Å²) < 4.78 is 33.9. The fourth-order valence-corrected chi connectivity index (χ4v) is 5.17. The summed E-state index contributed by atoms with van der Waals surface area (Å²) in [6.45, 7) is 0.397. The lowest BCUT2D eigenvalue weighted by Crippen LogP contribution is -2.07. The largest absolute Gasteiger partial charge is 0.419 e. The second kappa shape index (κ2) is 8.84. The number of halogens is 1. The summed E-state index contributed by atoms with van der Waals surface area (Å²) in [6, 6.07) is 29.8. The molecule has 0 saturated carbocycles. The van der Waals surface area contributed by atoms with Crippen molar-refractivity contribution in [3.05, 3.63) is 107 Å². The van der Waals surface area contributed by atoms with Gasteiger partial charge in [-0.2, -0.15) is 4.98 Å². The first-order chi connectivity index (χ1) is 16.0. The number of fused-ring (bicyclic) bond motifs is 1. The van der Waals surface area contributed by atoms with Crippen molar-refractivity contribution in [1.82, 2.24) is 4.98 Å². The van der Waals surface area contributed by atoms with Gasteiger partial charge in [0, 0.05) is 16.6 Å². The fourth-order valence-electron chi connectivity index (χ4n) is 3.63. The molecule has 164 valence electrons. The standard InChI is InChI=1S/C26H19BrN2O3S/c27-20-13-15-21(16-14-20)33(30,31)26-25(28-17-18-7-2-1-3-8-18)32-24(29-26)23-12-6-10-19-9-4-5-11-22(19)23/h1-16,28H,17H2. The summed E-state index contributed by atoms with van der Waals surface area (Å²) in [5.74, 6) is 0.364. The molecule has 5 nitrogen and oxygen atoms in total. The maximum absolute atomic E-state index is 13.5. The summed E-state index contributed by atoms with van der Waals surface area (Å²) in [7, 11) is -3.92. The zero-order valence-corrected chi connectivity index (χ0v) is 19.8. The Morgan fingerprint density at radius 1 is 0.818 bits per heavy atom. The fraction of sp³-hybridized carbons (Fsp3) is 0.0385. The van der Waals surface area contributed by atoms with Crippen LogP contribution in [-0.2, 0) is 16.4 Å². The van der Waals surface area contributed by atoms with Crippen LogP contribution < -0.4 is 5.32 Å². The van der Waals surface area contributed by atoms with Gasteiger partial charge in [-0.15, -0.1) is 0 Å². The predicted molar refractivity (Wildman–Crippen MR) is 133 cm³/mol. The maximum atomic E-state index is 13.5. The van der Waals surface area contributed by atoms with Crippen LogP contribution >= 0.6 is 15.9 Å². The van der Waals surface area contributed by atoms with Crippen molar-refractivity contribution in [2.24, 2.45) is 0 Å². The van der Waals surface area contributed by atoms with E-state index in [1.165, 1.54) is 0 Å². The number of nitrogens with zero attached hydrogens (tertiary/aromatic N) is 1. The molecule has 0 unspecified atom stereocenters. The number of anilines is 1. The number of nitrogens with one attached hydrogen (secondary N) is 1. The van der Waals surface area contributed by atoms with E-state index in [4.69, 9.17) is 4.42 Å². The second-order valence-electron chi connectivity index (χ2n) is 7.48. The number of oxazole rings is 1. The van der Waals surface area contributed by atoms with Gasteiger partial charge in [0.2, 0.25) is 26.6 Å². The van der Waals surface area contributed by atoms with Crippen LogP contribution in [0.1, 0.15) is 5.56 Å². The van der Waals surface area contributed by atoms with E-state index in [0.29, 0.717) is 6.54 Å². The summed E-state index contributed by atoms with van der Waals surface area (Å²) in [5.41, 5.74) is 1.72. The van der Waals surface area contributed by atoms with Crippen LogP contribution in [0.3, 0.4) is 0 Å².